The molecule has 0 atom stereocenters. The SMILES string of the molecule is COc1ccc(NC(=O)c2ccnc(C(=O)Nc3ccccc3)c2)cc1Cl. The molecule has 1 aromatic heterocycles. The quantitative estimate of drug-likeness (QED) is 0.692. The standard InChI is InChI=1S/C20H16ClN3O3/c1-27-18-8-7-15(12-16(18)21)24-19(25)13-9-10-22-17(11-13)20(26)23-14-5-3-2-4-6-14/h2-12H,1H3,(H,23,26)(H,24,25). The number of hydrogen-bond acceptors (Lipinski definition) is 4. The lowest BCUT2D eigenvalue weighted by atomic mass is 10.2. The molecule has 0 saturated heterocycles. The average Bonchev–Trinajstić information content (AvgIpc) is 2.69. The summed E-state index contributed by atoms with van der Waals surface area (Å²) in [5, 5.41) is 5.84. The van der Waals surface area contributed by atoms with Crippen molar-refractivity contribution in [3.8, 4) is 5.75 Å². The van der Waals surface area contributed by atoms with Crippen LogP contribution in [-0.2, 0) is 0 Å². The van der Waals surface area contributed by atoms with E-state index in [9.17, 15) is 9.59 Å². The first-order chi connectivity index (χ1) is 13.1. The Hall–Kier alpha value is -3.38. The maximum absolute atomic E-state index is 12.5. The van der Waals surface area contributed by atoms with Gasteiger partial charge in [0.25, 0.3) is 11.8 Å². The summed E-state index contributed by atoms with van der Waals surface area (Å²) in [5.41, 5.74) is 1.60. The lowest BCUT2D eigenvalue weighted by Crippen LogP contribution is -2.17. The van der Waals surface area contributed by atoms with Crippen molar-refractivity contribution < 1.29 is 14.3 Å². The molecule has 2 aromatic carbocycles. The van der Waals surface area contributed by atoms with E-state index in [-0.39, 0.29) is 11.6 Å². The molecule has 2 amide bonds. The summed E-state index contributed by atoms with van der Waals surface area (Å²) in [7, 11) is 1.51. The Labute approximate surface area is 161 Å². The Morgan fingerprint density at radius 2 is 1.67 bits per heavy atom. The predicted molar refractivity (Wildman–Crippen MR) is 105 cm³/mol. The van der Waals surface area contributed by atoms with Gasteiger partial charge in [0.05, 0.1) is 12.1 Å². The number of rotatable bonds is 5. The number of anilines is 2. The maximum Gasteiger partial charge on any atom is 0.274 e. The van der Waals surface area contributed by atoms with Crippen LogP contribution in [-0.4, -0.2) is 23.9 Å². The van der Waals surface area contributed by atoms with E-state index in [2.05, 4.69) is 15.6 Å². The van der Waals surface area contributed by atoms with Crippen LogP contribution in [0.5, 0.6) is 5.75 Å². The molecule has 0 aliphatic rings. The Morgan fingerprint density at radius 3 is 2.37 bits per heavy atom. The van der Waals surface area contributed by atoms with Gasteiger partial charge in [-0.1, -0.05) is 29.8 Å². The molecule has 1 heterocycles. The second-order valence-corrected chi connectivity index (χ2v) is 5.96. The predicted octanol–water partition coefficient (Wildman–Crippen LogP) is 4.25. The van der Waals surface area contributed by atoms with Crippen molar-refractivity contribution in [3.63, 3.8) is 0 Å². The molecule has 2 N–H and O–H groups in total. The van der Waals surface area contributed by atoms with E-state index in [1.807, 2.05) is 18.2 Å². The van der Waals surface area contributed by atoms with Gasteiger partial charge in [0, 0.05) is 23.1 Å². The monoisotopic (exact) mass is 381 g/mol. The molecule has 3 aromatic rings. The van der Waals surface area contributed by atoms with E-state index in [1.54, 1.807) is 30.3 Å². The molecule has 0 fully saturated rings. The fraction of sp³-hybridized carbons (Fsp3) is 0.0500. The van der Waals surface area contributed by atoms with E-state index >= 15 is 0 Å². The van der Waals surface area contributed by atoms with E-state index < -0.39 is 5.91 Å². The fourth-order valence-electron chi connectivity index (χ4n) is 2.36. The molecular formula is C20H16ClN3O3. The molecule has 136 valence electrons. The number of nitrogens with zero attached hydrogens (tertiary/aromatic N) is 1. The number of amides is 2. The van der Waals surface area contributed by atoms with Crippen molar-refractivity contribution >= 4 is 34.8 Å². The number of pyridine rings is 1. The van der Waals surface area contributed by atoms with Crippen LogP contribution in [0, 0.1) is 0 Å². The molecule has 0 bridgehead atoms. The van der Waals surface area contributed by atoms with Crippen molar-refractivity contribution in [1.82, 2.24) is 4.98 Å². The van der Waals surface area contributed by atoms with Gasteiger partial charge in [0.1, 0.15) is 11.4 Å². The summed E-state index contributed by atoms with van der Waals surface area (Å²) >= 11 is 6.06. The first-order valence-corrected chi connectivity index (χ1v) is 8.42. The van der Waals surface area contributed by atoms with Crippen LogP contribution in [0.1, 0.15) is 20.8 Å². The van der Waals surface area contributed by atoms with Gasteiger partial charge < -0.3 is 15.4 Å². The molecule has 0 spiro atoms. The third kappa shape index (κ3) is 4.62. The molecule has 3 rings (SSSR count). The van der Waals surface area contributed by atoms with Gasteiger partial charge in [0.2, 0.25) is 0 Å². The van der Waals surface area contributed by atoms with Crippen LogP contribution >= 0.6 is 11.6 Å². The van der Waals surface area contributed by atoms with E-state index in [4.69, 9.17) is 16.3 Å². The smallest absolute Gasteiger partial charge is 0.274 e. The lowest BCUT2D eigenvalue weighted by Gasteiger charge is -2.09. The number of carbonyl (C=O) groups is 2. The van der Waals surface area contributed by atoms with Gasteiger partial charge in [-0.25, -0.2) is 0 Å². The van der Waals surface area contributed by atoms with Gasteiger partial charge in [0.15, 0.2) is 0 Å². The minimum Gasteiger partial charge on any atom is -0.495 e. The largest absolute Gasteiger partial charge is 0.495 e. The van der Waals surface area contributed by atoms with Crippen LogP contribution < -0.4 is 15.4 Å². The molecule has 27 heavy (non-hydrogen) atoms. The van der Waals surface area contributed by atoms with Crippen LogP contribution in [0.15, 0.2) is 66.9 Å². The first kappa shape index (κ1) is 18.4. The van der Waals surface area contributed by atoms with Gasteiger partial charge in [-0.3, -0.25) is 14.6 Å². The van der Waals surface area contributed by atoms with Crippen molar-refractivity contribution in [2.45, 2.75) is 0 Å². The Bertz CT molecular complexity index is 977. The van der Waals surface area contributed by atoms with Crippen LogP contribution in [0.2, 0.25) is 5.02 Å². The number of benzene rings is 2. The molecule has 0 radical (unpaired) electrons. The number of nitrogens with one attached hydrogen (secondary N) is 2. The third-order valence-corrected chi connectivity index (χ3v) is 3.99. The fourth-order valence-corrected chi connectivity index (χ4v) is 2.62. The number of aromatic nitrogens is 1. The minimum absolute atomic E-state index is 0.138. The zero-order valence-electron chi connectivity index (χ0n) is 14.4. The van der Waals surface area contributed by atoms with Crippen molar-refractivity contribution in [3.05, 3.63) is 83.1 Å². The zero-order valence-corrected chi connectivity index (χ0v) is 15.2. The lowest BCUT2D eigenvalue weighted by molar-refractivity contribution is 0.102. The summed E-state index contributed by atoms with van der Waals surface area (Å²) in [6.45, 7) is 0. The summed E-state index contributed by atoms with van der Waals surface area (Å²) in [4.78, 5) is 28.8. The van der Waals surface area contributed by atoms with Crippen LogP contribution in [0.4, 0.5) is 11.4 Å². The molecule has 0 saturated carbocycles. The van der Waals surface area contributed by atoms with Gasteiger partial charge in [-0.2, -0.15) is 0 Å². The first-order valence-electron chi connectivity index (χ1n) is 8.04. The van der Waals surface area contributed by atoms with Crippen molar-refractivity contribution in [2.24, 2.45) is 0 Å². The number of ether oxygens (including phenoxy) is 1. The van der Waals surface area contributed by atoms with Crippen molar-refractivity contribution in [1.29, 1.82) is 0 Å². The second kappa shape index (κ2) is 8.33. The van der Waals surface area contributed by atoms with Crippen LogP contribution in [0.25, 0.3) is 0 Å². The third-order valence-electron chi connectivity index (χ3n) is 3.70. The van der Waals surface area contributed by atoms with Crippen LogP contribution in [0.3, 0.4) is 0 Å². The summed E-state index contributed by atoms with van der Waals surface area (Å²) < 4.78 is 5.08. The topological polar surface area (TPSA) is 80.3 Å². The van der Waals surface area contributed by atoms with E-state index in [0.29, 0.717) is 27.7 Å². The number of para-hydroxylation sites is 1. The Kier molecular flexibility index (Phi) is 5.68. The molecule has 0 unspecified atom stereocenters. The second-order valence-electron chi connectivity index (χ2n) is 5.55. The normalized spacial score (nSPS) is 10.1. The highest BCUT2D eigenvalue weighted by atomic mass is 35.5. The van der Waals surface area contributed by atoms with E-state index in [0.717, 1.165) is 0 Å². The highest BCUT2D eigenvalue weighted by Gasteiger charge is 2.13. The Morgan fingerprint density at radius 1 is 0.926 bits per heavy atom. The number of hydrogen-bond donors (Lipinski definition) is 2. The number of carbonyl (C=O) groups excluding carboxylic acids is 2. The van der Waals surface area contributed by atoms with Crippen molar-refractivity contribution in [2.75, 3.05) is 17.7 Å². The average molecular weight is 382 g/mol. The molecule has 6 nitrogen and oxygen atoms in total. The highest BCUT2D eigenvalue weighted by Crippen LogP contribution is 2.27. The molecule has 0 aliphatic carbocycles. The highest BCUT2D eigenvalue weighted by molar-refractivity contribution is 6.32. The zero-order chi connectivity index (χ0) is 19.2. The molecule has 0 aliphatic heterocycles. The van der Waals surface area contributed by atoms with Gasteiger partial charge in [-0.15, -0.1) is 0 Å². The summed E-state index contributed by atoms with van der Waals surface area (Å²) in [6, 6.07) is 16.9. The minimum atomic E-state index is -0.400. The number of methoxy groups -OCH3 is 1. The molecular weight excluding hydrogens is 366 g/mol. The number of halogens is 1. The molecule has 7 heteroatoms. The summed E-state index contributed by atoms with van der Waals surface area (Å²) in [6.07, 6.45) is 1.41. The van der Waals surface area contributed by atoms with Gasteiger partial charge in [-0.05, 0) is 42.5 Å². The van der Waals surface area contributed by atoms with Gasteiger partial charge >= 0.3 is 0 Å². The summed E-state index contributed by atoms with van der Waals surface area (Å²) in [5.74, 6) is -0.269. The Balaban J connectivity index is 1.73. The maximum atomic E-state index is 12.5. The van der Waals surface area contributed by atoms with E-state index in [1.165, 1.54) is 25.4 Å².